The van der Waals surface area contributed by atoms with Crippen LogP contribution in [-0.4, -0.2) is 46.5 Å². The van der Waals surface area contributed by atoms with Gasteiger partial charge in [-0.2, -0.15) is 0 Å². The van der Waals surface area contributed by atoms with Crippen LogP contribution in [0.2, 0.25) is 0 Å². The lowest BCUT2D eigenvalue weighted by Gasteiger charge is -2.13. The summed E-state index contributed by atoms with van der Waals surface area (Å²) >= 11 is 0. The molecule has 0 heterocycles. The monoisotopic (exact) mass is 307 g/mol. The maximum absolute atomic E-state index is 5.42. The molecule has 0 saturated carbocycles. The van der Waals surface area contributed by atoms with E-state index in [-0.39, 0.29) is 0 Å². The number of hydrogen-bond donors (Lipinski definition) is 2. The van der Waals surface area contributed by atoms with Gasteiger partial charge in [0.25, 0.3) is 0 Å². The van der Waals surface area contributed by atoms with E-state index in [1.807, 2.05) is 0 Å². The van der Waals surface area contributed by atoms with Gasteiger partial charge in [-0.25, -0.2) is 0 Å². The molecule has 124 valence electrons. The van der Waals surface area contributed by atoms with Gasteiger partial charge in [0, 0.05) is 33.9 Å². The molecule has 0 aromatic heterocycles. The summed E-state index contributed by atoms with van der Waals surface area (Å²) in [5.74, 6) is 0.817. The Bertz CT molecular complexity index is 461. The Morgan fingerprint density at radius 3 is 2.64 bits per heavy atom. The third-order valence-electron chi connectivity index (χ3n) is 3.36. The lowest BCUT2D eigenvalue weighted by molar-refractivity contribution is 0.0698. The number of methoxy groups -OCH3 is 1. The van der Waals surface area contributed by atoms with Crippen molar-refractivity contribution in [1.29, 1.82) is 0 Å². The molecule has 1 aromatic carbocycles. The zero-order chi connectivity index (χ0) is 16.2. The van der Waals surface area contributed by atoms with Gasteiger partial charge < -0.3 is 20.1 Å². The van der Waals surface area contributed by atoms with Crippen LogP contribution in [0.5, 0.6) is 0 Å². The van der Waals surface area contributed by atoms with E-state index in [1.54, 1.807) is 14.2 Å². The molecule has 0 unspecified atom stereocenters. The molecule has 5 heteroatoms. The number of nitrogens with one attached hydrogen (secondary N) is 2. The number of rotatable bonds is 9. The van der Waals surface area contributed by atoms with Crippen LogP contribution >= 0.6 is 0 Å². The molecule has 5 nitrogen and oxygen atoms in total. The molecule has 0 fully saturated rings. The number of aliphatic imine (C=N–C) groups is 1. The summed E-state index contributed by atoms with van der Waals surface area (Å²) in [6.45, 7) is 7.87. The third-order valence-corrected chi connectivity index (χ3v) is 3.36. The Morgan fingerprint density at radius 1 is 1.14 bits per heavy atom. The van der Waals surface area contributed by atoms with Gasteiger partial charge in [-0.05, 0) is 31.4 Å². The first-order chi connectivity index (χ1) is 10.7. The van der Waals surface area contributed by atoms with Crippen molar-refractivity contribution < 1.29 is 9.47 Å². The van der Waals surface area contributed by atoms with Crippen molar-refractivity contribution in [3.8, 4) is 0 Å². The smallest absolute Gasteiger partial charge is 0.191 e. The minimum Gasteiger partial charge on any atom is -0.382 e. The highest BCUT2D eigenvalue weighted by atomic mass is 16.5. The van der Waals surface area contributed by atoms with Crippen LogP contribution in [0.4, 0.5) is 0 Å². The molecule has 0 saturated heterocycles. The summed E-state index contributed by atoms with van der Waals surface area (Å²) in [6, 6.07) is 6.50. The van der Waals surface area contributed by atoms with Crippen molar-refractivity contribution in [3.05, 3.63) is 34.9 Å². The molecule has 0 atom stereocenters. The maximum atomic E-state index is 5.42. The van der Waals surface area contributed by atoms with Crippen LogP contribution in [0, 0.1) is 13.8 Å². The first-order valence-corrected chi connectivity index (χ1v) is 7.74. The quantitative estimate of drug-likeness (QED) is 0.416. The second-order valence-corrected chi connectivity index (χ2v) is 5.24. The molecule has 2 N–H and O–H groups in total. The number of hydrogen-bond acceptors (Lipinski definition) is 3. The predicted octanol–water partition coefficient (Wildman–Crippen LogP) is 2.02. The normalized spacial score (nSPS) is 11.5. The second-order valence-electron chi connectivity index (χ2n) is 5.24. The SMILES string of the molecule is CN=C(NCCCOCCOC)NCc1ccc(C)cc1C. The zero-order valence-corrected chi connectivity index (χ0v) is 14.2. The van der Waals surface area contributed by atoms with Crippen molar-refractivity contribution in [2.45, 2.75) is 26.8 Å². The van der Waals surface area contributed by atoms with E-state index in [1.165, 1.54) is 16.7 Å². The van der Waals surface area contributed by atoms with Crippen LogP contribution in [0.1, 0.15) is 23.1 Å². The van der Waals surface area contributed by atoms with Crippen LogP contribution in [0.25, 0.3) is 0 Å². The van der Waals surface area contributed by atoms with Crippen molar-refractivity contribution in [2.24, 2.45) is 4.99 Å². The topological polar surface area (TPSA) is 54.9 Å². The molecule has 22 heavy (non-hydrogen) atoms. The van der Waals surface area contributed by atoms with E-state index < -0.39 is 0 Å². The molecular weight excluding hydrogens is 278 g/mol. The molecule has 0 bridgehead atoms. The van der Waals surface area contributed by atoms with Crippen molar-refractivity contribution in [1.82, 2.24) is 10.6 Å². The van der Waals surface area contributed by atoms with Crippen molar-refractivity contribution in [3.63, 3.8) is 0 Å². The van der Waals surface area contributed by atoms with E-state index in [4.69, 9.17) is 9.47 Å². The van der Waals surface area contributed by atoms with Gasteiger partial charge in [0.1, 0.15) is 0 Å². The van der Waals surface area contributed by atoms with E-state index >= 15 is 0 Å². The number of guanidine groups is 1. The average molecular weight is 307 g/mol. The standard InChI is InChI=1S/C17H29N3O2/c1-14-6-7-16(15(2)12-14)13-20-17(18-3)19-8-5-9-22-11-10-21-4/h6-7,12H,5,8-11,13H2,1-4H3,(H2,18,19,20). The first kappa shape index (κ1) is 18.5. The Kier molecular flexibility index (Phi) is 9.26. The highest BCUT2D eigenvalue weighted by Crippen LogP contribution is 2.09. The van der Waals surface area contributed by atoms with Crippen LogP contribution < -0.4 is 10.6 Å². The highest BCUT2D eigenvalue weighted by molar-refractivity contribution is 5.79. The highest BCUT2D eigenvalue weighted by Gasteiger charge is 2.01. The van der Waals surface area contributed by atoms with E-state index in [0.29, 0.717) is 13.2 Å². The fraction of sp³-hybridized carbons (Fsp3) is 0.588. The van der Waals surface area contributed by atoms with Crippen molar-refractivity contribution >= 4 is 5.96 Å². The maximum Gasteiger partial charge on any atom is 0.191 e. The van der Waals surface area contributed by atoms with Gasteiger partial charge >= 0.3 is 0 Å². The van der Waals surface area contributed by atoms with Gasteiger partial charge in [-0.1, -0.05) is 23.8 Å². The molecule has 0 aliphatic carbocycles. The predicted molar refractivity (Wildman–Crippen MR) is 91.4 cm³/mol. The number of ether oxygens (including phenoxy) is 2. The van der Waals surface area contributed by atoms with Gasteiger partial charge in [0.15, 0.2) is 5.96 Å². The molecule has 0 aliphatic rings. The Balaban J connectivity index is 2.22. The van der Waals surface area contributed by atoms with Gasteiger partial charge in [-0.15, -0.1) is 0 Å². The second kappa shape index (κ2) is 11.0. The summed E-state index contributed by atoms with van der Waals surface area (Å²) in [6.07, 6.45) is 0.938. The lowest BCUT2D eigenvalue weighted by Crippen LogP contribution is -2.37. The molecule has 0 amide bonds. The van der Waals surface area contributed by atoms with Gasteiger partial charge in [0.05, 0.1) is 13.2 Å². The van der Waals surface area contributed by atoms with Gasteiger partial charge in [0.2, 0.25) is 0 Å². The molecule has 0 aliphatic heterocycles. The van der Waals surface area contributed by atoms with E-state index in [2.05, 4.69) is 47.7 Å². The Hall–Kier alpha value is -1.59. The lowest BCUT2D eigenvalue weighted by atomic mass is 10.1. The summed E-state index contributed by atoms with van der Waals surface area (Å²) < 4.78 is 10.3. The Labute approximate surface area is 134 Å². The van der Waals surface area contributed by atoms with Gasteiger partial charge in [-0.3, -0.25) is 4.99 Å². The van der Waals surface area contributed by atoms with Crippen molar-refractivity contribution in [2.75, 3.05) is 40.5 Å². The minimum atomic E-state index is 0.645. The zero-order valence-electron chi connectivity index (χ0n) is 14.2. The summed E-state index contributed by atoms with van der Waals surface area (Å²) in [4.78, 5) is 4.23. The molecule has 0 radical (unpaired) electrons. The fourth-order valence-corrected chi connectivity index (χ4v) is 2.07. The summed E-state index contributed by atoms with van der Waals surface area (Å²) in [7, 11) is 3.46. The molecule has 1 rings (SSSR count). The van der Waals surface area contributed by atoms with E-state index in [0.717, 1.165) is 32.1 Å². The first-order valence-electron chi connectivity index (χ1n) is 7.74. The van der Waals surface area contributed by atoms with Crippen LogP contribution in [0.3, 0.4) is 0 Å². The third kappa shape index (κ3) is 7.43. The Morgan fingerprint density at radius 2 is 1.95 bits per heavy atom. The molecule has 1 aromatic rings. The fourth-order valence-electron chi connectivity index (χ4n) is 2.07. The minimum absolute atomic E-state index is 0.645. The largest absolute Gasteiger partial charge is 0.382 e. The average Bonchev–Trinajstić information content (AvgIpc) is 2.51. The number of aryl methyl sites for hydroxylation is 2. The molecule has 0 spiro atoms. The number of benzene rings is 1. The van der Waals surface area contributed by atoms with E-state index in [9.17, 15) is 0 Å². The molecular formula is C17H29N3O2. The summed E-state index contributed by atoms with van der Waals surface area (Å²) in [5, 5.41) is 6.62. The van der Waals surface area contributed by atoms with Crippen LogP contribution in [0.15, 0.2) is 23.2 Å². The van der Waals surface area contributed by atoms with Crippen LogP contribution in [-0.2, 0) is 16.0 Å². The summed E-state index contributed by atoms with van der Waals surface area (Å²) in [5.41, 5.74) is 3.88. The number of nitrogens with zero attached hydrogens (tertiary/aromatic N) is 1.